The van der Waals surface area contributed by atoms with Gasteiger partial charge in [-0.25, -0.2) is 8.78 Å². The Kier molecular flexibility index (Phi) is 4.51. The third-order valence-corrected chi connectivity index (χ3v) is 4.60. The fraction of sp³-hybridized carbons (Fsp3) is 0.389. The van der Waals surface area contributed by atoms with Crippen molar-refractivity contribution in [3.05, 3.63) is 59.6 Å². The van der Waals surface area contributed by atoms with Crippen molar-refractivity contribution in [2.24, 2.45) is 0 Å². The second-order valence-corrected chi connectivity index (χ2v) is 6.39. The van der Waals surface area contributed by atoms with Gasteiger partial charge in [-0.1, -0.05) is 12.6 Å². The highest BCUT2D eigenvalue weighted by molar-refractivity contribution is 5.76. The van der Waals surface area contributed by atoms with E-state index >= 15 is 0 Å². The lowest BCUT2D eigenvalue weighted by Gasteiger charge is -2.43. The molecule has 0 N–H and O–H groups in total. The van der Waals surface area contributed by atoms with Gasteiger partial charge in [-0.3, -0.25) is 9.69 Å². The second-order valence-electron chi connectivity index (χ2n) is 6.39. The second kappa shape index (κ2) is 6.48. The predicted molar refractivity (Wildman–Crippen MR) is 87.1 cm³/mol. The molecule has 1 spiro atoms. The van der Waals surface area contributed by atoms with Crippen molar-refractivity contribution in [2.75, 3.05) is 26.8 Å². The monoisotopic (exact) mass is 350 g/mol. The SMILES string of the molecule is C=C(/C=C1\N(C(C)=O)CC2(COC2)N1C)OCc1ccc(F)c(F)c1. The van der Waals surface area contributed by atoms with Gasteiger partial charge in [0.15, 0.2) is 11.6 Å². The van der Waals surface area contributed by atoms with Crippen LogP contribution in [0.1, 0.15) is 12.5 Å². The molecule has 2 aliphatic rings. The number of hydrogen-bond donors (Lipinski definition) is 0. The molecule has 0 aromatic heterocycles. The number of rotatable bonds is 4. The summed E-state index contributed by atoms with van der Waals surface area (Å²) in [4.78, 5) is 15.6. The van der Waals surface area contributed by atoms with Crippen LogP contribution in [0.2, 0.25) is 0 Å². The number of carbonyl (C=O) groups is 1. The quantitative estimate of drug-likeness (QED) is 0.782. The molecule has 0 saturated carbocycles. The summed E-state index contributed by atoms with van der Waals surface area (Å²) in [5.41, 5.74) is 0.295. The molecule has 0 bridgehead atoms. The van der Waals surface area contributed by atoms with Crippen LogP contribution in [-0.2, 0) is 20.9 Å². The molecule has 2 fully saturated rings. The molecule has 1 aromatic rings. The van der Waals surface area contributed by atoms with Crippen LogP contribution in [0.25, 0.3) is 0 Å². The maximum Gasteiger partial charge on any atom is 0.225 e. The minimum atomic E-state index is -0.921. The summed E-state index contributed by atoms with van der Waals surface area (Å²) in [7, 11) is 1.90. The van der Waals surface area contributed by atoms with E-state index in [2.05, 4.69) is 6.58 Å². The van der Waals surface area contributed by atoms with Crippen molar-refractivity contribution in [3.63, 3.8) is 0 Å². The molecule has 5 nitrogen and oxygen atoms in total. The van der Waals surface area contributed by atoms with Gasteiger partial charge in [-0.2, -0.15) is 0 Å². The van der Waals surface area contributed by atoms with E-state index in [0.717, 1.165) is 12.1 Å². The highest BCUT2D eigenvalue weighted by atomic mass is 19.2. The number of amides is 1. The molecule has 0 aliphatic carbocycles. The summed E-state index contributed by atoms with van der Waals surface area (Å²) < 4.78 is 37.0. The maximum atomic E-state index is 13.2. The molecule has 0 atom stereocenters. The Labute approximate surface area is 145 Å². The third kappa shape index (κ3) is 3.24. The van der Waals surface area contributed by atoms with Crippen molar-refractivity contribution in [3.8, 4) is 0 Å². The lowest BCUT2D eigenvalue weighted by molar-refractivity contribution is -0.128. The number of likely N-dealkylation sites (N-methyl/N-ethyl adjacent to an activating group) is 1. The number of carbonyl (C=O) groups excluding carboxylic acids is 1. The highest BCUT2D eigenvalue weighted by Gasteiger charge is 2.51. The van der Waals surface area contributed by atoms with Crippen LogP contribution in [0.3, 0.4) is 0 Å². The van der Waals surface area contributed by atoms with E-state index in [9.17, 15) is 13.6 Å². The van der Waals surface area contributed by atoms with Crippen LogP contribution in [0.4, 0.5) is 8.78 Å². The molecule has 1 aromatic carbocycles. The molecule has 0 unspecified atom stereocenters. The standard InChI is InChI=1S/C18H20F2N2O3/c1-12(25-8-14-4-5-15(19)16(20)7-14)6-17-21(3)18(10-24-11-18)9-22(17)13(2)23/h4-7H,1,8-11H2,2-3H3/b17-6-. The van der Waals surface area contributed by atoms with Gasteiger partial charge in [-0.05, 0) is 17.7 Å². The summed E-state index contributed by atoms with van der Waals surface area (Å²) >= 11 is 0. The van der Waals surface area contributed by atoms with E-state index in [4.69, 9.17) is 9.47 Å². The molecular weight excluding hydrogens is 330 g/mol. The Morgan fingerprint density at radius 1 is 1.40 bits per heavy atom. The number of ether oxygens (including phenoxy) is 2. The topological polar surface area (TPSA) is 42.0 Å². The normalized spacial score (nSPS) is 20.1. The van der Waals surface area contributed by atoms with E-state index in [1.165, 1.54) is 13.0 Å². The average molecular weight is 350 g/mol. The fourth-order valence-corrected chi connectivity index (χ4v) is 2.97. The van der Waals surface area contributed by atoms with E-state index in [1.807, 2.05) is 11.9 Å². The summed E-state index contributed by atoms with van der Waals surface area (Å²) in [6.45, 7) is 7.07. The minimum absolute atomic E-state index is 0.0534. The smallest absolute Gasteiger partial charge is 0.225 e. The maximum absolute atomic E-state index is 13.2. The minimum Gasteiger partial charge on any atom is -0.489 e. The van der Waals surface area contributed by atoms with E-state index < -0.39 is 11.6 Å². The fourth-order valence-electron chi connectivity index (χ4n) is 2.97. The van der Waals surface area contributed by atoms with E-state index in [0.29, 0.717) is 36.9 Å². The van der Waals surface area contributed by atoms with Crippen molar-refractivity contribution in [1.29, 1.82) is 0 Å². The van der Waals surface area contributed by atoms with Crippen LogP contribution >= 0.6 is 0 Å². The van der Waals surface area contributed by atoms with Gasteiger partial charge >= 0.3 is 0 Å². The van der Waals surface area contributed by atoms with Crippen LogP contribution in [0, 0.1) is 11.6 Å². The van der Waals surface area contributed by atoms with Crippen molar-refractivity contribution >= 4 is 5.91 Å². The summed E-state index contributed by atoms with van der Waals surface area (Å²) in [5.74, 6) is -0.880. The summed E-state index contributed by atoms with van der Waals surface area (Å²) in [6, 6.07) is 3.58. The van der Waals surface area contributed by atoms with Crippen LogP contribution in [0.15, 0.2) is 42.4 Å². The number of benzene rings is 1. The average Bonchev–Trinajstić information content (AvgIpc) is 2.82. The summed E-state index contributed by atoms with van der Waals surface area (Å²) in [5, 5.41) is 0. The molecule has 0 radical (unpaired) electrons. The third-order valence-electron chi connectivity index (χ3n) is 4.60. The Bertz CT molecular complexity index is 744. The van der Waals surface area contributed by atoms with Gasteiger partial charge in [-0.15, -0.1) is 0 Å². The Morgan fingerprint density at radius 3 is 2.68 bits per heavy atom. The molecule has 2 aliphatic heterocycles. The molecule has 134 valence electrons. The zero-order valence-electron chi connectivity index (χ0n) is 14.2. The lowest BCUT2D eigenvalue weighted by Crippen LogP contribution is -2.59. The van der Waals surface area contributed by atoms with Crippen molar-refractivity contribution < 1.29 is 23.0 Å². The first-order chi connectivity index (χ1) is 11.8. The van der Waals surface area contributed by atoms with Gasteiger partial charge < -0.3 is 14.4 Å². The van der Waals surface area contributed by atoms with Gasteiger partial charge in [0.1, 0.15) is 23.7 Å². The Hall–Kier alpha value is -2.41. The zero-order valence-corrected chi connectivity index (χ0v) is 14.2. The first kappa shape index (κ1) is 17.4. The lowest BCUT2D eigenvalue weighted by atomic mass is 9.97. The van der Waals surface area contributed by atoms with Gasteiger partial charge in [0.2, 0.25) is 5.91 Å². The van der Waals surface area contributed by atoms with E-state index in [1.54, 1.807) is 11.0 Å². The first-order valence-electron chi connectivity index (χ1n) is 7.89. The summed E-state index contributed by atoms with van der Waals surface area (Å²) in [6.07, 6.45) is 1.67. The Balaban J connectivity index is 1.70. The first-order valence-corrected chi connectivity index (χ1v) is 7.89. The highest BCUT2D eigenvalue weighted by Crippen LogP contribution is 2.37. The predicted octanol–water partition coefficient (Wildman–Crippen LogP) is 2.40. The molecular formula is C18H20F2N2O3. The van der Waals surface area contributed by atoms with Gasteiger partial charge in [0.25, 0.3) is 0 Å². The number of allylic oxidation sites excluding steroid dienone is 1. The molecule has 1 amide bonds. The van der Waals surface area contributed by atoms with Crippen LogP contribution in [-0.4, -0.2) is 48.1 Å². The number of halogens is 2. The van der Waals surface area contributed by atoms with E-state index in [-0.39, 0.29) is 18.1 Å². The number of hydrogen-bond acceptors (Lipinski definition) is 4. The van der Waals surface area contributed by atoms with Crippen LogP contribution in [0.5, 0.6) is 0 Å². The largest absolute Gasteiger partial charge is 0.489 e. The molecule has 2 heterocycles. The van der Waals surface area contributed by atoms with Gasteiger partial charge in [0, 0.05) is 20.0 Å². The molecule has 3 rings (SSSR count). The number of nitrogens with zero attached hydrogens (tertiary/aromatic N) is 2. The van der Waals surface area contributed by atoms with Gasteiger partial charge in [0.05, 0.1) is 19.8 Å². The molecule has 7 heteroatoms. The molecule has 25 heavy (non-hydrogen) atoms. The van der Waals surface area contributed by atoms with Crippen LogP contribution < -0.4 is 0 Å². The zero-order chi connectivity index (χ0) is 18.2. The molecule has 2 saturated heterocycles. The van der Waals surface area contributed by atoms with Crippen molar-refractivity contribution in [1.82, 2.24) is 9.80 Å². The van der Waals surface area contributed by atoms with Crippen molar-refractivity contribution in [2.45, 2.75) is 19.1 Å². The Morgan fingerprint density at radius 2 is 2.12 bits per heavy atom.